The van der Waals surface area contributed by atoms with E-state index in [0.29, 0.717) is 69.2 Å². The Morgan fingerprint density at radius 1 is 0.519 bits per heavy atom. The predicted molar refractivity (Wildman–Crippen MR) is 291 cm³/mol. The van der Waals surface area contributed by atoms with Gasteiger partial charge in [0.1, 0.15) is 36.0 Å². The van der Waals surface area contributed by atoms with Crippen molar-refractivity contribution in [3.05, 3.63) is 65.7 Å². The molecule has 2 aromatic carbocycles. The number of hydrogen-bond acceptors (Lipinski definition) is 15. The molecule has 7 atom stereocenters. The van der Waals surface area contributed by atoms with Crippen molar-refractivity contribution in [2.75, 3.05) is 32.7 Å². The Bertz CT molecular complexity index is 2240. The van der Waals surface area contributed by atoms with Gasteiger partial charge in [-0.25, -0.2) is 0 Å². The van der Waals surface area contributed by atoms with Crippen LogP contribution in [0, 0.1) is 5.41 Å². The number of aromatic hydroxyl groups is 1. The lowest BCUT2D eigenvalue weighted by molar-refractivity contribution is -0.135. The first kappa shape index (κ1) is 65.9. The molecule has 0 aliphatic heterocycles. The first-order valence-corrected chi connectivity index (χ1v) is 26.1. The summed E-state index contributed by atoms with van der Waals surface area (Å²) in [7, 11) is 0. The number of aliphatic imine (C=N–C) groups is 1. The molecule has 0 saturated carbocycles. The lowest BCUT2D eigenvalue weighted by Gasteiger charge is -2.28. The van der Waals surface area contributed by atoms with Crippen molar-refractivity contribution in [2.24, 2.45) is 50.5 Å². The van der Waals surface area contributed by atoms with E-state index in [1.807, 2.05) is 0 Å². The zero-order chi connectivity index (χ0) is 57.5. The van der Waals surface area contributed by atoms with E-state index in [1.54, 1.807) is 63.2 Å². The van der Waals surface area contributed by atoms with Crippen molar-refractivity contribution in [1.29, 1.82) is 0 Å². The Morgan fingerprint density at radius 2 is 0.935 bits per heavy atom. The topological polar surface area (TPSA) is 453 Å². The van der Waals surface area contributed by atoms with Gasteiger partial charge in [0.2, 0.25) is 47.3 Å². The van der Waals surface area contributed by atoms with Crippen molar-refractivity contribution < 1.29 is 48.3 Å². The van der Waals surface area contributed by atoms with Gasteiger partial charge >= 0.3 is 0 Å². The standard InChI is InChI=1S/C52H85N15O10/c1-52(2,3)44(71)36(16-7-10-24-53)63-49(76)41(29-33-20-22-34(68)23-21-33)66-47(74)38(17-8-11-25-54)62-43(70)31-61-46(73)37(19-13-27-60-51(58)59)65-50(77)40(28-32-14-5-4-6-15-32)67-48(75)39(18-9-12-26-55)64-45(72)35(56)30-42(57)69/h4-6,14-15,20-23,35-41,68H,7-13,16-19,24-31,53-56H2,1-3H3,(H2,57,69)(H,61,73)(H,62,70)(H,63,76)(H,64,72)(H,65,77)(H,66,74)(H,67,75)(H4,58,59,60)/t35-,36-,37-,38-,39-,40-,41-/m0/s1. The second kappa shape index (κ2) is 35.2. The molecule has 8 amide bonds. The van der Waals surface area contributed by atoms with Gasteiger partial charge in [-0.3, -0.25) is 48.1 Å². The second-order valence-electron chi connectivity index (χ2n) is 19.9. The van der Waals surface area contributed by atoms with Gasteiger partial charge in [0.25, 0.3) is 0 Å². The molecule has 0 aromatic heterocycles. The van der Waals surface area contributed by atoms with Gasteiger partial charge in [-0.2, -0.15) is 0 Å². The summed E-state index contributed by atoms with van der Waals surface area (Å²) in [5, 5.41) is 28.6. The van der Waals surface area contributed by atoms with Crippen LogP contribution in [0.3, 0.4) is 0 Å². The van der Waals surface area contributed by atoms with Gasteiger partial charge in [0.05, 0.1) is 25.0 Å². The van der Waals surface area contributed by atoms with Crippen LogP contribution in [0.4, 0.5) is 0 Å². The van der Waals surface area contributed by atoms with Crippen molar-refractivity contribution in [3.63, 3.8) is 0 Å². The average Bonchev–Trinajstić information content (AvgIpc) is 3.37. The number of carbonyl (C=O) groups is 9. The molecule has 0 heterocycles. The minimum atomic E-state index is -1.35. The molecular weight excluding hydrogens is 995 g/mol. The molecule has 2 rings (SSSR count). The van der Waals surface area contributed by atoms with Gasteiger partial charge in [-0.1, -0.05) is 63.2 Å². The zero-order valence-electron chi connectivity index (χ0n) is 44.8. The van der Waals surface area contributed by atoms with Crippen molar-refractivity contribution in [3.8, 4) is 5.75 Å². The van der Waals surface area contributed by atoms with Crippen molar-refractivity contribution >= 4 is 59.0 Å². The fourth-order valence-electron chi connectivity index (χ4n) is 7.93. The van der Waals surface area contributed by atoms with Crippen molar-refractivity contribution in [2.45, 2.75) is 153 Å². The number of carbonyl (C=O) groups excluding carboxylic acids is 9. The molecule has 0 aliphatic rings. The van der Waals surface area contributed by atoms with Crippen molar-refractivity contribution in [1.82, 2.24) is 37.2 Å². The third-order valence-corrected chi connectivity index (χ3v) is 12.2. The molecule has 0 bridgehead atoms. The van der Waals surface area contributed by atoms with Crippen LogP contribution >= 0.6 is 0 Å². The summed E-state index contributed by atoms with van der Waals surface area (Å²) in [5.74, 6) is -6.70. The number of nitrogens with two attached hydrogens (primary N) is 7. The molecule has 0 aliphatic carbocycles. The molecule has 2 aromatic rings. The lowest BCUT2D eigenvalue weighted by Crippen LogP contribution is -2.59. The number of nitrogens with zero attached hydrogens (tertiary/aromatic N) is 1. The van der Waals surface area contributed by atoms with E-state index in [0.717, 1.165) is 0 Å². The SMILES string of the molecule is CC(C)(C)C(=O)[C@H](CCCCN)NC(=O)[C@H](Cc1ccc(O)cc1)NC(=O)[C@H](CCCCN)NC(=O)CNC(=O)[C@H](CCCN=C(N)N)NC(=O)[C@H](Cc1ccccc1)NC(=O)[C@H](CCCCN)NC(=O)[C@@H](N)CC(N)=O. The number of Topliss-reactive ketones (excluding diaryl/α,β-unsaturated/α-hetero) is 1. The van der Waals surface area contributed by atoms with Crippen LogP contribution < -0.4 is 77.4 Å². The molecule has 0 fully saturated rings. The lowest BCUT2D eigenvalue weighted by atomic mass is 9.84. The largest absolute Gasteiger partial charge is 0.508 e. The first-order chi connectivity index (χ1) is 36.5. The number of benzene rings is 2. The molecule has 25 nitrogen and oxygen atoms in total. The maximum absolute atomic E-state index is 14.3. The molecule has 25 heteroatoms. The number of primary amides is 1. The molecule has 77 heavy (non-hydrogen) atoms. The normalized spacial score (nSPS) is 13.9. The summed E-state index contributed by atoms with van der Waals surface area (Å²) >= 11 is 0. The van der Waals surface area contributed by atoms with E-state index in [-0.39, 0.29) is 69.1 Å². The number of ketones is 1. The van der Waals surface area contributed by atoms with Gasteiger partial charge in [0, 0.05) is 24.8 Å². The number of hydrogen-bond donors (Lipinski definition) is 15. The van der Waals surface area contributed by atoms with Gasteiger partial charge in [0.15, 0.2) is 11.7 Å². The number of phenols is 1. The van der Waals surface area contributed by atoms with E-state index < -0.39 is 108 Å². The number of amides is 8. The number of nitrogens with one attached hydrogen (secondary N) is 7. The second-order valence-corrected chi connectivity index (χ2v) is 19.9. The van der Waals surface area contributed by atoms with Crippen LogP contribution in [-0.4, -0.2) is 139 Å². The van der Waals surface area contributed by atoms with Crippen LogP contribution in [0.25, 0.3) is 0 Å². The van der Waals surface area contributed by atoms with E-state index in [4.69, 9.17) is 40.1 Å². The Hall–Kier alpha value is -7.22. The highest BCUT2D eigenvalue weighted by Gasteiger charge is 2.35. The first-order valence-electron chi connectivity index (χ1n) is 26.1. The number of phenolic OH excluding ortho intramolecular Hbond substituents is 1. The van der Waals surface area contributed by atoms with Crippen LogP contribution in [0.1, 0.15) is 109 Å². The molecule has 0 saturated heterocycles. The van der Waals surface area contributed by atoms with E-state index in [2.05, 4.69) is 42.2 Å². The summed E-state index contributed by atoms with van der Waals surface area (Å²) in [6.45, 7) is 5.57. The summed E-state index contributed by atoms with van der Waals surface area (Å²) in [4.78, 5) is 126. The minimum Gasteiger partial charge on any atom is -0.508 e. The monoisotopic (exact) mass is 1080 g/mol. The van der Waals surface area contributed by atoms with Crippen LogP contribution in [-0.2, 0) is 56.0 Å². The van der Waals surface area contributed by atoms with Gasteiger partial charge < -0.3 is 82.5 Å². The summed E-state index contributed by atoms with van der Waals surface area (Å²) in [6, 6.07) is 6.06. The fourth-order valence-corrected chi connectivity index (χ4v) is 7.93. The number of guanidine groups is 1. The van der Waals surface area contributed by atoms with Gasteiger partial charge in [-0.15, -0.1) is 0 Å². The summed E-state index contributed by atoms with van der Waals surface area (Å²) in [6.07, 6.45) is 2.93. The summed E-state index contributed by atoms with van der Waals surface area (Å²) < 4.78 is 0. The number of rotatable bonds is 37. The Labute approximate surface area is 450 Å². The Kier molecular flexibility index (Phi) is 30.1. The molecular formula is C52H85N15O10. The highest BCUT2D eigenvalue weighted by atomic mass is 16.3. The van der Waals surface area contributed by atoms with E-state index >= 15 is 0 Å². The van der Waals surface area contributed by atoms with E-state index in [9.17, 15) is 48.3 Å². The predicted octanol–water partition coefficient (Wildman–Crippen LogP) is -2.54. The average molecular weight is 1080 g/mol. The third kappa shape index (κ3) is 26.4. The Morgan fingerprint density at radius 3 is 1.42 bits per heavy atom. The molecule has 428 valence electrons. The molecule has 22 N–H and O–H groups in total. The number of unbranched alkanes of at least 4 members (excludes halogenated alkanes) is 3. The highest BCUT2D eigenvalue weighted by Crippen LogP contribution is 2.20. The smallest absolute Gasteiger partial charge is 0.243 e. The van der Waals surface area contributed by atoms with E-state index in [1.165, 1.54) is 12.1 Å². The third-order valence-electron chi connectivity index (χ3n) is 12.2. The quantitative estimate of drug-likeness (QED) is 0.0188. The summed E-state index contributed by atoms with van der Waals surface area (Å²) in [5.41, 5.74) is 39.7. The van der Waals surface area contributed by atoms with Crippen LogP contribution in [0.15, 0.2) is 59.6 Å². The Balaban J connectivity index is 2.42. The zero-order valence-corrected chi connectivity index (χ0v) is 44.8. The molecule has 0 radical (unpaired) electrons. The molecule has 0 spiro atoms. The minimum absolute atomic E-state index is 0.0194. The highest BCUT2D eigenvalue weighted by molar-refractivity contribution is 5.98. The van der Waals surface area contributed by atoms with Crippen LogP contribution in [0.2, 0.25) is 0 Å². The fraction of sp³-hybridized carbons (Fsp3) is 0.577. The van der Waals surface area contributed by atoms with Crippen LogP contribution in [0.5, 0.6) is 5.75 Å². The van der Waals surface area contributed by atoms with Gasteiger partial charge in [-0.05, 0) is 114 Å². The maximum Gasteiger partial charge on any atom is 0.243 e. The molecule has 0 unspecified atom stereocenters. The maximum atomic E-state index is 14.3.